The molecular weight excluding hydrogens is 312 g/mol. The molecule has 0 atom stereocenters. The van der Waals surface area contributed by atoms with Crippen molar-refractivity contribution in [3.8, 4) is 0 Å². The van der Waals surface area contributed by atoms with E-state index in [-0.39, 0.29) is 18.0 Å². The van der Waals surface area contributed by atoms with Crippen molar-refractivity contribution < 1.29 is 9.53 Å². The summed E-state index contributed by atoms with van der Waals surface area (Å²) in [4.78, 5) is 11.8. The number of aromatic amines is 1. The number of anilines is 3. The summed E-state index contributed by atoms with van der Waals surface area (Å²) in [6, 6.07) is 7.46. The molecule has 0 radical (unpaired) electrons. The number of rotatable bonds is 4. The number of carbonyl (C=O) groups excluding carboxylic acids is 1. The van der Waals surface area contributed by atoms with E-state index < -0.39 is 5.97 Å². The molecule has 19 heavy (non-hydrogen) atoms. The van der Waals surface area contributed by atoms with E-state index in [0.29, 0.717) is 5.82 Å². The summed E-state index contributed by atoms with van der Waals surface area (Å²) in [6.45, 7) is 2.01. The van der Waals surface area contributed by atoms with Gasteiger partial charge in [-0.3, -0.25) is 5.10 Å². The van der Waals surface area contributed by atoms with Gasteiger partial charge in [-0.1, -0.05) is 15.9 Å². The van der Waals surface area contributed by atoms with Crippen molar-refractivity contribution in [2.24, 2.45) is 0 Å². The monoisotopic (exact) mass is 324 g/mol. The predicted molar refractivity (Wildman–Crippen MR) is 76.4 cm³/mol. The van der Waals surface area contributed by atoms with E-state index >= 15 is 0 Å². The standard InChI is InChI=1S/C12H13BrN4O2/c1-2-19-12(18)9-10(14)16-17-11(9)15-8-5-3-7(13)4-6-8/h3-6H,2H2,1H3,(H4,14,15,16,17). The summed E-state index contributed by atoms with van der Waals surface area (Å²) >= 11 is 3.35. The molecule has 0 amide bonds. The van der Waals surface area contributed by atoms with Gasteiger partial charge in [-0.2, -0.15) is 5.10 Å². The average Bonchev–Trinajstić information content (AvgIpc) is 2.74. The molecule has 0 aliphatic rings. The number of hydrogen-bond acceptors (Lipinski definition) is 5. The lowest BCUT2D eigenvalue weighted by Crippen LogP contribution is -2.08. The molecule has 2 aromatic rings. The van der Waals surface area contributed by atoms with Crippen LogP contribution in [0.25, 0.3) is 0 Å². The number of benzene rings is 1. The van der Waals surface area contributed by atoms with Crippen LogP contribution >= 0.6 is 15.9 Å². The fraction of sp³-hybridized carbons (Fsp3) is 0.167. The van der Waals surface area contributed by atoms with E-state index in [1.165, 1.54) is 0 Å². The van der Waals surface area contributed by atoms with Crippen molar-refractivity contribution in [1.82, 2.24) is 10.2 Å². The van der Waals surface area contributed by atoms with Gasteiger partial charge in [-0.25, -0.2) is 4.79 Å². The number of ether oxygens (including phenoxy) is 1. The SMILES string of the molecule is CCOC(=O)c1c(Nc2ccc(Br)cc2)n[nH]c1N. The lowest BCUT2D eigenvalue weighted by Gasteiger charge is -2.06. The number of nitrogens with two attached hydrogens (primary N) is 1. The Hall–Kier alpha value is -2.02. The Morgan fingerprint density at radius 1 is 1.47 bits per heavy atom. The first kappa shape index (κ1) is 13.4. The number of hydrogen-bond donors (Lipinski definition) is 3. The summed E-state index contributed by atoms with van der Waals surface area (Å²) in [5, 5.41) is 9.54. The third-order valence-electron chi connectivity index (χ3n) is 2.38. The number of esters is 1. The van der Waals surface area contributed by atoms with E-state index in [4.69, 9.17) is 10.5 Å². The van der Waals surface area contributed by atoms with Gasteiger partial charge < -0.3 is 15.8 Å². The lowest BCUT2D eigenvalue weighted by molar-refractivity contribution is 0.0529. The summed E-state index contributed by atoms with van der Waals surface area (Å²) in [7, 11) is 0. The van der Waals surface area contributed by atoms with Crippen molar-refractivity contribution in [3.05, 3.63) is 34.3 Å². The first-order valence-corrected chi connectivity index (χ1v) is 6.44. The molecule has 0 spiro atoms. The zero-order valence-electron chi connectivity index (χ0n) is 10.2. The fourth-order valence-electron chi connectivity index (χ4n) is 1.53. The highest BCUT2D eigenvalue weighted by molar-refractivity contribution is 9.10. The topological polar surface area (TPSA) is 93.0 Å². The molecule has 0 saturated carbocycles. The number of nitrogens with one attached hydrogen (secondary N) is 2. The van der Waals surface area contributed by atoms with Crippen molar-refractivity contribution in [2.75, 3.05) is 17.7 Å². The van der Waals surface area contributed by atoms with Gasteiger partial charge in [0, 0.05) is 10.2 Å². The minimum atomic E-state index is -0.506. The Morgan fingerprint density at radius 3 is 2.79 bits per heavy atom. The predicted octanol–water partition coefficient (Wildman–Crippen LogP) is 2.67. The number of nitrogens with zero attached hydrogens (tertiary/aromatic N) is 1. The maximum atomic E-state index is 11.8. The van der Waals surface area contributed by atoms with Crippen LogP contribution in [0.3, 0.4) is 0 Å². The number of H-pyrrole nitrogens is 1. The number of aromatic nitrogens is 2. The molecule has 2 rings (SSSR count). The molecule has 0 bridgehead atoms. The van der Waals surface area contributed by atoms with Crippen LogP contribution in [0, 0.1) is 0 Å². The van der Waals surface area contributed by atoms with Crippen LogP contribution in [0.5, 0.6) is 0 Å². The third-order valence-corrected chi connectivity index (χ3v) is 2.91. The Balaban J connectivity index is 2.25. The molecule has 0 unspecified atom stereocenters. The van der Waals surface area contributed by atoms with Crippen molar-refractivity contribution in [3.63, 3.8) is 0 Å². The largest absolute Gasteiger partial charge is 0.462 e. The van der Waals surface area contributed by atoms with Gasteiger partial charge in [0.2, 0.25) is 0 Å². The number of halogens is 1. The zero-order valence-corrected chi connectivity index (χ0v) is 11.8. The second-order valence-corrected chi connectivity index (χ2v) is 4.63. The van der Waals surface area contributed by atoms with Gasteiger partial charge in [-0.15, -0.1) is 0 Å². The minimum absolute atomic E-state index is 0.179. The highest BCUT2D eigenvalue weighted by atomic mass is 79.9. The maximum Gasteiger partial charge on any atom is 0.345 e. The van der Waals surface area contributed by atoms with E-state index in [1.807, 2.05) is 24.3 Å². The normalized spacial score (nSPS) is 10.2. The van der Waals surface area contributed by atoms with E-state index in [1.54, 1.807) is 6.92 Å². The third kappa shape index (κ3) is 3.05. The van der Waals surface area contributed by atoms with Crippen LogP contribution in [0.15, 0.2) is 28.7 Å². The summed E-state index contributed by atoms with van der Waals surface area (Å²) in [6.07, 6.45) is 0. The Labute approximate surface area is 118 Å². The van der Waals surface area contributed by atoms with Crippen LogP contribution in [0.4, 0.5) is 17.3 Å². The quantitative estimate of drug-likeness (QED) is 0.752. The highest BCUT2D eigenvalue weighted by Crippen LogP contribution is 2.24. The average molecular weight is 325 g/mol. The first-order valence-electron chi connectivity index (χ1n) is 5.65. The second kappa shape index (κ2) is 5.75. The smallest absolute Gasteiger partial charge is 0.345 e. The summed E-state index contributed by atoms with van der Waals surface area (Å²) < 4.78 is 5.90. The molecule has 0 saturated heterocycles. The van der Waals surface area contributed by atoms with Crippen LogP contribution in [0.1, 0.15) is 17.3 Å². The Morgan fingerprint density at radius 2 is 2.16 bits per heavy atom. The molecule has 7 heteroatoms. The van der Waals surface area contributed by atoms with Gasteiger partial charge in [-0.05, 0) is 31.2 Å². The molecular formula is C12H13BrN4O2. The lowest BCUT2D eigenvalue weighted by atomic mass is 10.2. The molecule has 100 valence electrons. The molecule has 4 N–H and O–H groups in total. The van der Waals surface area contributed by atoms with E-state index in [0.717, 1.165) is 10.2 Å². The molecule has 6 nitrogen and oxygen atoms in total. The van der Waals surface area contributed by atoms with Crippen molar-refractivity contribution in [1.29, 1.82) is 0 Å². The molecule has 0 fully saturated rings. The van der Waals surface area contributed by atoms with Gasteiger partial charge in [0.25, 0.3) is 0 Å². The summed E-state index contributed by atoms with van der Waals surface area (Å²) in [5.74, 6) is 0.0182. The van der Waals surface area contributed by atoms with Gasteiger partial charge in [0.1, 0.15) is 11.4 Å². The molecule has 0 aliphatic carbocycles. The summed E-state index contributed by atoms with van der Waals surface area (Å²) in [5.41, 5.74) is 6.69. The van der Waals surface area contributed by atoms with Gasteiger partial charge in [0.05, 0.1) is 6.61 Å². The van der Waals surface area contributed by atoms with Gasteiger partial charge >= 0.3 is 5.97 Å². The van der Waals surface area contributed by atoms with Gasteiger partial charge in [0.15, 0.2) is 5.82 Å². The van der Waals surface area contributed by atoms with E-state index in [2.05, 4.69) is 31.4 Å². The molecule has 0 aliphatic heterocycles. The van der Waals surface area contributed by atoms with E-state index in [9.17, 15) is 4.79 Å². The van der Waals surface area contributed by atoms with Crippen LogP contribution in [-0.4, -0.2) is 22.8 Å². The second-order valence-electron chi connectivity index (χ2n) is 3.71. The Kier molecular flexibility index (Phi) is 4.06. The molecule has 1 aromatic carbocycles. The maximum absolute atomic E-state index is 11.8. The van der Waals surface area contributed by atoms with Crippen LogP contribution in [-0.2, 0) is 4.74 Å². The number of nitrogen functional groups attached to an aromatic ring is 1. The molecule has 1 heterocycles. The van der Waals surface area contributed by atoms with Crippen molar-refractivity contribution in [2.45, 2.75) is 6.92 Å². The van der Waals surface area contributed by atoms with Crippen LogP contribution in [0.2, 0.25) is 0 Å². The fourth-order valence-corrected chi connectivity index (χ4v) is 1.79. The number of carbonyl (C=O) groups is 1. The highest BCUT2D eigenvalue weighted by Gasteiger charge is 2.20. The Bertz CT molecular complexity index is 580. The first-order chi connectivity index (χ1) is 9.11. The van der Waals surface area contributed by atoms with Crippen LogP contribution < -0.4 is 11.1 Å². The zero-order chi connectivity index (χ0) is 13.8. The van der Waals surface area contributed by atoms with Crippen molar-refractivity contribution >= 4 is 39.2 Å². The minimum Gasteiger partial charge on any atom is -0.462 e. The molecule has 1 aromatic heterocycles.